The van der Waals surface area contributed by atoms with Crippen molar-refractivity contribution in [2.45, 2.75) is 67.7 Å². The smallest absolute Gasteiger partial charge is 0.000712 e. The normalized spacial score (nSPS) is 27.7. The minimum Gasteiger partial charge on any atom is -0.306 e. The van der Waals surface area contributed by atoms with Gasteiger partial charge in [0, 0.05) is 13.1 Å². The minimum absolute atomic E-state index is 0.897. The minimum atomic E-state index is 0.897. The highest BCUT2D eigenvalue weighted by atomic mass is 15.1. The van der Waals surface area contributed by atoms with Gasteiger partial charge in [-0.15, -0.1) is 0 Å². The second-order valence-electron chi connectivity index (χ2n) is 7.68. The van der Waals surface area contributed by atoms with E-state index in [1.54, 1.807) is 0 Å². The molecule has 2 atom stereocenters. The Morgan fingerprint density at radius 1 is 0.955 bits per heavy atom. The van der Waals surface area contributed by atoms with Gasteiger partial charge in [0.1, 0.15) is 0 Å². The summed E-state index contributed by atoms with van der Waals surface area (Å²) in [4.78, 5) is 4.98. The number of piperidine rings is 2. The summed E-state index contributed by atoms with van der Waals surface area (Å²) in [5.74, 6) is 3.73. The molecule has 2 nitrogen and oxygen atoms in total. The summed E-state index contributed by atoms with van der Waals surface area (Å²) in [7, 11) is 2.22. The van der Waals surface area contributed by atoms with Gasteiger partial charge in [0.05, 0.1) is 0 Å². The second-order valence-corrected chi connectivity index (χ2v) is 7.68. The van der Waals surface area contributed by atoms with Crippen LogP contribution >= 0.6 is 0 Å². The van der Waals surface area contributed by atoms with Crippen LogP contribution in [-0.2, 0) is 0 Å². The lowest BCUT2D eigenvalue weighted by atomic mass is 9.87. The van der Waals surface area contributed by atoms with Gasteiger partial charge in [0.15, 0.2) is 0 Å². The summed E-state index contributed by atoms with van der Waals surface area (Å²) < 4.78 is 0. The van der Waals surface area contributed by atoms with E-state index >= 15 is 0 Å². The van der Waals surface area contributed by atoms with Gasteiger partial charge in [-0.05, 0) is 69.6 Å². The standard InChI is InChI=1S/2C9H19N.C2H6/c1-8(2)9-4-6-10(3)7-5-9;1-4-10-6-8(2)5-9(3)7-10;1-2/h2*8-9H,4-7H2,1-3H3;1-2H3. The zero-order valence-electron chi connectivity index (χ0n) is 16.9. The molecule has 0 aromatic rings. The molecule has 22 heavy (non-hydrogen) atoms. The molecule has 2 heteroatoms. The van der Waals surface area contributed by atoms with Gasteiger partial charge in [-0.25, -0.2) is 0 Å². The van der Waals surface area contributed by atoms with E-state index in [1.165, 1.54) is 52.0 Å². The van der Waals surface area contributed by atoms with Crippen LogP contribution in [0.5, 0.6) is 0 Å². The molecule has 134 valence electrons. The number of rotatable bonds is 2. The summed E-state index contributed by atoms with van der Waals surface area (Å²) in [5.41, 5.74) is 0. The van der Waals surface area contributed by atoms with Gasteiger partial charge < -0.3 is 9.80 Å². The third kappa shape index (κ3) is 9.15. The fourth-order valence-corrected chi connectivity index (χ4v) is 3.75. The highest BCUT2D eigenvalue weighted by Crippen LogP contribution is 2.23. The first kappa shape index (κ1) is 21.9. The Kier molecular flexibility index (Phi) is 12.3. The first-order chi connectivity index (χ1) is 10.4. The molecular weight excluding hydrogens is 268 g/mol. The van der Waals surface area contributed by atoms with Crippen molar-refractivity contribution in [3.63, 3.8) is 0 Å². The third-order valence-electron chi connectivity index (χ3n) is 5.10. The predicted octanol–water partition coefficient (Wildman–Crippen LogP) is 4.99. The zero-order valence-corrected chi connectivity index (χ0v) is 16.9. The van der Waals surface area contributed by atoms with Gasteiger partial charge in [0.25, 0.3) is 0 Å². The average Bonchev–Trinajstić information content (AvgIpc) is 2.49. The summed E-state index contributed by atoms with van der Waals surface area (Å²) >= 11 is 0. The predicted molar refractivity (Wildman–Crippen MR) is 101 cm³/mol. The van der Waals surface area contributed by atoms with Crippen molar-refractivity contribution < 1.29 is 0 Å². The van der Waals surface area contributed by atoms with E-state index in [1.807, 2.05) is 13.8 Å². The Morgan fingerprint density at radius 3 is 1.77 bits per heavy atom. The van der Waals surface area contributed by atoms with Crippen molar-refractivity contribution in [2.24, 2.45) is 23.7 Å². The van der Waals surface area contributed by atoms with Gasteiger partial charge >= 0.3 is 0 Å². The van der Waals surface area contributed by atoms with Gasteiger partial charge in [-0.1, -0.05) is 48.5 Å². The molecule has 2 fully saturated rings. The fourth-order valence-electron chi connectivity index (χ4n) is 3.75. The number of likely N-dealkylation sites (tertiary alicyclic amines) is 2. The van der Waals surface area contributed by atoms with Crippen molar-refractivity contribution in [1.29, 1.82) is 0 Å². The third-order valence-corrected chi connectivity index (χ3v) is 5.10. The molecule has 2 aliphatic rings. The molecule has 2 aliphatic heterocycles. The molecule has 0 radical (unpaired) electrons. The van der Waals surface area contributed by atoms with E-state index in [-0.39, 0.29) is 0 Å². The first-order valence-electron chi connectivity index (χ1n) is 9.83. The van der Waals surface area contributed by atoms with Crippen molar-refractivity contribution >= 4 is 0 Å². The maximum absolute atomic E-state index is 2.55. The summed E-state index contributed by atoms with van der Waals surface area (Å²) in [6.45, 7) is 22.1. The van der Waals surface area contributed by atoms with Gasteiger partial charge in [-0.2, -0.15) is 0 Å². The van der Waals surface area contributed by atoms with Crippen molar-refractivity contribution in [1.82, 2.24) is 9.80 Å². The molecule has 0 aromatic carbocycles. The summed E-state index contributed by atoms with van der Waals surface area (Å²) in [5, 5.41) is 0. The van der Waals surface area contributed by atoms with Gasteiger partial charge in [-0.3, -0.25) is 0 Å². The lowest BCUT2D eigenvalue weighted by Crippen LogP contribution is -2.38. The largest absolute Gasteiger partial charge is 0.306 e. The van der Waals surface area contributed by atoms with Crippen molar-refractivity contribution in [3.8, 4) is 0 Å². The Labute approximate surface area is 141 Å². The van der Waals surface area contributed by atoms with Crippen LogP contribution in [0.25, 0.3) is 0 Å². The Hall–Kier alpha value is -0.0800. The zero-order chi connectivity index (χ0) is 17.1. The average molecular weight is 313 g/mol. The van der Waals surface area contributed by atoms with Crippen LogP contribution < -0.4 is 0 Å². The fraction of sp³-hybridized carbons (Fsp3) is 1.00. The first-order valence-corrected chi connectivity index (χ1v) is 9.83. The van der Waals surface area contributed by atoms with E-state index in [0.717, 1.165) is 23.7 Å². The van der Waals surface area contributed by atoms with Gasteiger partial charge in [0.2, 0.25) is 0 Å². The molecule has 0 N–H and O–H groups in total. The molecule has 0 bridgehead atoms. The van der Waals surface area contributed by atoms with E-state index in [2.05, 4.69) is 51.5 Å². The molecule has 2 rings (SSSR count). The van der Waals surface area contributed by atoms with Crippen LogP contribution in [-0.4, -0.2) is 49.6 Å². The van der Waals surface area contributed by atoms with E-state index in [9.17, 15) is 0 Å². The van der Waals surface area contributed by atoms with Crippen LogP contribution in [0.3, 0.4) is 0 Å². The Balaban J connectivity index is 0.000000360. The molecule has 0 aliphatic carbocycles. The van der Waals surface area contributed by atoms with Crippen molar-refractivity contribution in [3.05, 3.63) is 0 Å². The summed E-state index contributed by atoms with van der Waals surface area (Å²) in [6, 6.07) is 0. The molecule has 2 saturated heterocycles. The van der Waals surface area contributed by atoms with E-state index in [4.69, 9.17) is 0 Å². The second kappa shape index (κ2) is 12.4. The van der Waals surface area contributed by atoms with Crippen LogP contribution in [0.2, 0.25) is 0 Å². The molecule has 0 spiro atoms. The van der Waals surface area contributed by atoms with Crippen LogP contribution in [0.15, 0.2) is 0 Å². The number of nitrogens with zero attached hydrogens (tertiary/aromatic N) is 2. The molecular formula is C20H44N2. The molecule has 2 heterocycles. The molecule has 0 aromatic heterocycles. The summed E-state index contributed by atoms with van der Waals surface area (Å²) in [6.07, 6.45) is 4.25. The number of hydrogen-bond donors (Lipinski definition) is 0. The van der Waals surface area contributed by atoms with Crippen molar-refractivity contribution in [2.75, 3.05) is 39.8 Å². The maximum Gasteiger partial charge on any atom is 0.000712 e. The van der Waals surface area contributed by atoms with Crippen LogP contribution in [0.1, 0.15) is 67.7 Å². The number of hydrogen-bond acceptors (Lipinski definition) is 2. The molecule has 2 unspecified atom stereocenters. The Morgan fingerprint density at radius 2 is 1.41 bits per heavy atom. The van der Waals surface area contributed by atoms with Crippen LogP contribution in [0.4, 0.5) is 0 Å². The topological polar surface area (TPSA) is 6.48 Å². The quantitative estimate of drug-likeness (QED) is 0.708. The highest BCUT2D eigenvalue weighted by molar-refractivity contribution is 4.73. The molecule has 0 saturated carbocycles. The lowest BCUT2D eigenvalue weighted by molar-refractivity contribution is 0.148. The lowest BCUT2D eigenvalue weighted by Gasteiger charge is -2.33. The van der Waals surface area contributed by atoms with Crippen LogP contribution in [0, 0.1) is 23.7 Å². The van der Waals surface area contributed by atoms with E-state index in [0.29, 0.717) is 0 Å². The SMILES string of the molecule is CC.CC(C)C1CCN(C)CC1.CCN1CC(C)CC(C)C1. The maximum atomic E-state index is 2.55. The monoisotopic (exact) mass is 312 g/mol. The Bertz CT molecular complexity index is 234. The molecule has 0 amide bonds. The van der Waals surface area contributed by atoms with E-state index < -0.39 is 0 Å². The highest BCUT2D eigenvalue weighted by Gasteiger charge is 2.20.